The van der Waals surface area contributed by atoms with Gasteiger partial charge in [0.15, 0.2) is 6.10 Å². The van der Waals surface area contributed by atoms with Crippen molar-refractivity contribution in [1.82, 2.24) is 9.55 Å². The second-order valence-electron chi connectivity index (χ2n) is 9.99. The highest BCUT2D eigenvalue weighted by Gasteiger charge is 2.60. The van der Waals surface area contributed by atoms with Crippen LogP contribution in [-0.4, -0.2) is 50.5 Å². The number of halogens is 2. The van der Waals surface area contributed by atoms with Crippen LogP contribution in [0.4, 0.5) is 25.1 Å². The van der Waals surface area contributed by atoms with E-state index in [2.05, 4.69) is 4.98 Å². The van der Waals surface area contributed by atoms with Crippen LogP contribution < -0.4 is 16.2 Å². The van der Waals surface area contributed by atoms with E-state index in [-0.39, 0.29) is 17.3 Å². The Morgan fingerprint density at radius 3 is 2.49 bits per heavy atom. The molecule has 234 valence electrons. The van der Waals surface area contributed by atoms with Crippen molar-refractivity contribution >= 4 is 17.7 Å². The number of aliphatic hydroxyl groups is 1. The topological polar surface area (TPSA) is 178 Å². The van der Waals surface area contributed by atoms with Gasteiger partial charge in [0, 0.05) is 12.3 Å². The third-order valence-corrected chi connectivity index (χ3v) is 6.96. The highest BCUT2D eigenvalue weighted by molar-refractivity contribution is 5.64. The molecule has 4 unspecified atom stereocenters. The van der Waals surface area contributed by atoms with Crippen LogP contribution in [0.25, 0.3) is 11.1 Å². The van der Waals surface area contributed by atoms with Crippen LogP contribution in [0.15, 0.2) is 89.9 Å². The van der Waals surface area contributed by atoms with Gasteiger partial charge in [0.2, 0.25) is 12.0 Å². The minimum Gasteiger partial charge on any atom is -0.450 e. The summed E-state index contributed by atoms with van der Waals surface area (Å²) in [6.45, 7) is 0.607. The first-order valence-electron chi connectivity index (χ1n) is 13.4. The predicted octanol–water partition coefficient (Wildman–Crippen LogP) is 5.00. The number of hydrogen-bond donors (Lipinski definition) is 2. The van der Waals surface area contributed by atoms with Crippen LogP contribution in [0.2, 0.25) is 0 Å². The van der Waals surface area contributed by atoms with Crippen molar-refractivity contribution in [3.63, 3.8) is 0 Å². The van der Waals surface area contributed by atoms with Crippen molar-refractivity contribution in [2.45, 2.75) is 37.4 Å². The number of aliphatic hydroxyl groups excluding tert-OH is 1. The normalized spacial score (nSPS) is 19.4. The summed E-state index contributed by atoms with van der Waals surface area (Å²) in [6, 6.07) is 21.5. The summed E-state index contributed by atoms with van der Waals surface area (Å²) >= 11 is 0. The fraction of sp³-hybridized carbons (Fsp3) is 0.233. The maximum atomic E-state index is 14.7. The smallest absolute Gasteiger partial charge is 0.450 e. The zero-order valence-electron chi connectivity index (χ0n) is 23.5. The summed E-state index contributed by atoms with van der Waals surface area (Å²) in [7, 11) is 0. The minimum absolute atomic E-state index is 0.114. The number of carbonyl (C=O) groups excluding carboxylic acids is 1. The third kappa shape index (κ3) is 6.73. The SMILES string of the molecule is CC(OC(=O)OCC1OC(n2ccc(N)nc2=O)C(F)(F)C1O)c1ccc([N+](=O)[O-])c(Oc2ccc(-c3ccccc3)cc2)c1. The molecule has 0 aliphatic carbocycles. The van der Waals surface area contributed by atoms with Gasteiger partial charge in [-0.15, -0.1) is 0 Å². The number of hydrogen-bond acceptors (Lipinski definition) is 11. The van der Waals surface area contributed by atoms with Crippen molar-refractivity contribution in [3.8, 4) is 22.6 Å². The van der Waals surface area contributed by atoms with Gasteiger partial charge < -0.3 is 29.8 Å². The Kier molecular flexibility index (Phi) is 8.74. The highest BCUT2D eigenvalue weighted by atomic mass is 19.3. The van der Waals surface area contributed by atoms with Crippen LogP contribution in [0, 0.1) is 10.1 Å². The molecule has 15 heteroatoms. The van der Waals surface area contributed by atoms with E-state index in [1.807, 2.05) is 30.3 Å². The van der Waals surface area contributed by atoms with E-state index in [4.69, 9.17) is 24.7 Å². The first-order valence-corrected chi connectivity index (χ1v) is 13.4. The zero-order chi connectivity index (χ0) is 32.3. The maximum Gasteiger partial charge on any atom is 0.508 e. The van der Waals surface area contributed by atoms with Crippen LogP contribution in [0.3, 0.4) is 0 Å². The molecule has 1 saturated heterocycles. The number of nitrogens with two attached hydrogens (primary N) is 1. The fourth-order valence-corrected chi connectivity index (χ4v) is 4.60. The number of rotatable bonds is 9. The molecule has 3 aromatic carbocycles. The second-order valence-corrected chi connectivity index (χ2v) is 9.99. The van der Waals surface area contributed by atoms with E-state index in [1.165, 1.54) is 25.1 Å². The Morgan fingerprint density at radius 2 is 1.82 bits per heavy atom. The Bertz CT molecular complexity index is 1750. The van der Waals surface area contributed by atoms with E-state index in [1.54, 1.807) is 24.3 Å². The van der Waals surface area contributed by atoms with Gasteiger partial charge in [-0.3, -0.25) is 14.7 Å². The number of ether oxygens (including phenoxy) is 4. The van der Waals surface area contributed by atoms with E-state index in [9.17, 15) is 33.6 Å². The highest BCUT2D eigenvalue weighted by Crippen LogP contribution is 2.42. The van der Waals surface area contributed by atoms with Crippen molar-refractivity contribution in [1.29, 1.82) is 0 Å². The molecule has 0 saturated carbocycles. The Balaban J connectivity index is 1.23. The minimum atomic E-state index is -3.94. The molecule has 5 rings (SSSR count). The molecular formula is C30H26F2N4O9. The van der Waals surface area contributed by atoms with Crippen molar-refractivity contribution in [2.24, 2.45) is 0 Å². The molecule has 0 radical (unpaired) electrons. The average Bonchev–Trinajstić information content (AvgIpc) is 3.24. The molecule has 1 fully saturated rings. The van der Waals surface area contributed by atoms with E-state index in [0.29, 0.717) is 15.9 Å². The molecule has 0 bridgehead atoms. The lowest BCUT2D eigenvalue weighted by Crippen LogP contribution is -2.42. The molecular weight excluding hydrogens is 598 g/mol. The van der Waals surface area contributed by atoms with E-state index in [0.717, 1.165) is 23.4 Å². The Morgan fingerprint density at radius 1 is 1.13 bits per heavy atom. The van der Waals surface area contributed by atoms with Gasteiger partial charge in [0.05, 0.1) is 4.92 Å². The van der Waals surface area contributed by atoms with Gasteiger partial charge in [0.1, 0.15) is 30.4 Å². The van der Waals surface area contributed by atoms with Gasteiger partial charge in [0.25, 0.3) is 0 Å². The third-order valence-electron chi connectivity index (χ3n) is 6.96. The van der Waals surface area contributed by atoms with Gasteiger partial charge in [-0.2, -0.15) is 13.8 Å². The Hall–Kier alpha value is -5.41. The first-order chi connectivity index (χ1) is 21.4. The molecule has 4 aromatic rings. The molecule has 1 aromatic heterocycles. The first kappa shape index (κ1) is 31.0. The maximum absolute atomic E-state index is 14.7. The van der Waals surface area contributed by atoms with Crippen LogP contribution in [-0.2, 0) is 14.2 Å². The quantitative estimate of drug-likeness (QED) is 0.145. The molecule has 1 aliphatic heterocycles. The van der Waals surface area contributed by atoms with Gasteiger partial charge >= 0.3 is 23.5 Å². The molecule has 2 heterocycles. The fourth-order valence-electron chi connectivity index (χ4n) is 4.60. The molecule has 4 atom stereocenters. The molecule has 0 spiro atoms. The number of carbonyl (C=O) groups is 1. The number of nitrogens with zero attached hydrogens (tertiary/aromatic N) is 3. The van der Waals surface area contributed by atoms with Gasteiger partial charge in [-0.1, -0.05) is 42.5 Å². The van der Waals surface area contributed by atoms with Gasteiger partial charge in [-0.05, 0) is 53.9 Å². The molecule has 45 heavy (non-hydrogen) atoms. The van der Waals surface area contributed by atoms with Crippen molar-refractivity contribution in [2.75, 3.05) is 12.3 Å². The number of nitro benzene ring substituents is 1. The lowest BCUT2D eigenvalue weighted by atomic mass is 10.1. The van der Waals surface area contributed by atoms with Crippen LogP contribution in [0.5, 0.6) is 11.5 Å². The molecule has 3 N–H and O–H groups in total. The number of benzene rings is 3. The van der Waals surface area contributed by atoms with Gasteiger partial charge in [-0.25, -0.2) is 9.59 Å². The van der Waals surface area contributed by atoms with Crippen molar-refractivity contribution in [3.05, 3.63) is 111 Å². The number of anilines is 1. The summed E-state index contributed by atoms with van der Waals surface area (Å²) in [4.78, 5) is 38.8. The van der Waals surface area contributed by atoms with E-state index < -0.39 is 53.8 Å². The molecule has 13 nitrogen and oxygen atoms in total. The Labute approximate surface area is 253 Å². The monoisotopic (exact) mass is 624 g/mol. The summed E-state index contributed by atoms with van der Waals surface area (Å²) in [5, 5.41) is 21.8. The number of nitro groups is 1. The summed E-state index contributed by atoms with van der Waals surface area (Å²) < 4.78 is 51.0. The second kappa shape index (κ2) is 12.7. The largest absolute Gasteiger partial charge is 0.508 e. The zero-order valence-corrected chi connectivity index (χ0v) is 23.5. The summed E-state index contributed by atoms with van der Waals surface area (Å²) in [5.74, 6) is -3.93. The molecule has 1 aliphatic rings. The average molecular weight is 625 g/mol. The van der Waals surface area contributed by atoms with Crippen molar-refractivity contribution < 1.29 is 42.6 Å². The lowest BCUT2D eigenvalue weighted by molar-refractivity contribution is -0.385. The van der Waals surface area contributed by atoms with Crippen LogP contribution in [0.1, 0.15) is 24.8 Å². The summed E-state index contributed by atoms with van der Waals surface area (Å²) in [6.07, 6.45) is -7.77. The number of nitrogen functional groups attached to an aromatic ring is 1. The van der Waals surface area contributed by atoms with Crippen LogP contribution >= 0.6 is 0 Å². The standard InChI is InChI=1S/C30H26F2N4O9/c1-17(43-29(39)42-16-24-26(37)30(31,32)27(45-24)35-14-13-25(33)34-28(35)38)20-9-12-22(36(40)41)23(15-20)44-21-10-7-19(8-11-21)18-5-3-2-4-6-18/h2-15,17,24,26-27,37H,16H2,1H3,(H2,33,34,38). The molecule has 0 amide bonds. The lowest BCUT2D eigenvalue weighted by Gasteiger charge is -2.20. The number of aromatic nitrogens is 2. The van der Waals surface area contributed by atoms with E-state index >= 15 is 0 Å². The predicted molar refractivity (Wildman–Crippen MR) is 154 cm³/mol. The summed E-state index contributed by atoms with van der Waals surface area (Å²) in [5.41, 5.74) is 6.12. The number of alkyl halides is 2.